The lowest BCUT2D eigenvalue weighted by atomic mass is 9.91. The molecule has 0 spiro atoms. The molecule has 126 valence electrons. The van der Waals surface area contributed by atoms with Crippen LogP contribution in [-0.4, -0.2) is 46.2 Å². The number of amides is 2. The van der Waals surface area contributed by atoms with Crippen molar-refractivity contribution in [2.24, 2.45) is 5.41 Å². The maximum atomic E-state index is 12.7. The Balaban J connectivity index is 2.39. The lowest BCUT2D eigenvalue weighted by Gasteiger charge is -2.37. The first kappa shape index (κ1) is 18.5. The van der Waals surface area contributed by atoms with Crippen molar-refractivity contribution in [3.8, 4) is 0 Å². The molecule has 2 atom stereocenters. The predicted octanol–water partition coefficient (Wildman–Crippen LogP) is 3.79. The van der Waals surface area contributed by atoms with Gasteiger partial charge in [-0.2, -0.15) is 0 Å². The summed E-state index contributed by atoms with van der Waals surface area (Å²) in [6, 6.07) is 5.12. The van der Waals surface area contributed by atoms with Gasteiger partial charge >= 0.3 is 6.09 Å². The molecule has 7 heteroatoms. The number of benzene rings is 1. The average Bonchev–Trinajstić information content (AvgIpc) is 2.66. The number of halogens is 2. The van der Waals surface area contributed by atoms with Gasteiger partial charge in [0.25, 0.3) is 0 Å². The Morgan fingerprint density at radius 1 is 1.39 bits per heavy atom. The number of carbonyl (C=O) groups excluding carboxylic acids is 1. The van der Waals surface area contributed by atoms with Gasteiger partial charge in [0.05, 0.1) is 0 Å². The van der Waals surface area contributed by atoms with E-state index in [9.17, 15) is 14.7 Å². The van der Waals surface area contributed by atoms with Gasteiger partial charge < -0.3 is 10.0 Å². The molecule has 2 rings (SSSR count). The number of rotatable bonds is 2. The van der Waals surface area contributed by atoms with E-state index in [0.29, 0.717) is 6.42 Å². The van der Waals surface area contributed by atoms with Gasteiger partial charge in [-0.15, -0.1) is 0 Å². The molecule has 0 aliphatic carbocycles. The first-order valence-corrected chi connectivity index (χ1v) is 9.13. The smallest absolute Gasteiger partial charge is 0.409 e. The summed E-state index contributed by atoms with van der Waals surface area (Å²) < 4.78 is 1.97. The molecule has 1 aliphatic rings. The number of carboxylic acid groups (broad SMARTS) is 1. The van der Waals surface area contributed by atoms with Crippen molar-refractivity contribution in [1.82, 2.24) is 9.80 Å². The highest BCUT2D eigenvalue weighted by Crippen LogP contribution is 2.35. The quantitative estimate of drug-likeness (QED) is 0.636. The summed E-state index contributed by atoms with van der Waals surface area (Å²) in [5.74, 6) is -0.147. The maximum absolute atomic E-state index is 12.7. The second-order valence-corrected chi connectivity index (χ2v) is 8.91. The Morgan fingerprint density at radius 3 is 2.48 bits per heavy atom. The van der Waals surface area contributed by atoms with Gasteiger partial charge in [-0.3, -0.25) is 9.69 Å². The van der Waals surface area contributed by atoms with Crippen molar-refractivity contribution in [3.05, 3.63) is 31.8 Å². The van der Waals surface area contributed by atoms with E-state index < -0.39 is 18.3 Å². The molecule has 5 nitrogen and oxygen atoms in total. The molecule has 1 heterocycles. The van der Waals surface area contributed by atoms with Crippen molar-refractivity contribution in [3.63, 3.8) is 0 Å². The zero-order valence-electron chi connectivity index (χ0n) is 13.5. The van der Waals surface area contributed by atoms with Crippen LogP contribution in [0.25, 0.3) is 0 Å². The topological polar surface area (TPSA) is 60.9 Å². The summed E-state index contributed by atoms with van der Waals surface area (Å²) in [5, 5.41) is 9.68. The molecule has 0 radical (unpaired) electrons. The lowest BCUT2D eigenvalue weighted by Crippen LogP contribution is -2.50. The highest BCUT2D eigenvalue weighted by molar-refractivity contribution is 14.1. The molecular weight excluding hydrogens is 475 g/mol. The Hall–Kier alpha value is -0.830. The van der Waals surface area contributed by atoms with Gasteiger partial charge in [0.1, 0.15) is 12.2 Å². The molecule has 1 saturated heterocycles. The minimum absolute atomic E-state index is 0.147. The number of likely N-dealkylation sites (N-methyl/N-ethyl adjacent to an activating group) is 1. The fraction of sp³-hybridized carbons (Fsp3) is 0.500. The van der Waals surface area contributed by atoms with Gasteiger partial charge in [0.15, 0.2) is 0 Å². The maximum Gasteiger partial charge on any atom is 0.409 e. The SMILES string of the molecule is CN1C(=O)C(Cc2ccc(Br)cc2I)N(C(=O)O)C1C(C)(C)C. The van der Waals surface area contributed by atoms with Crippen molar-refractivity contribution in [1.29, 1.82) is 0 Å². The van der Waals surface area contributed by atoms with Crippen LogP contribution in [0.2, 0.25) is 0 Å². The molecule has 0 aromatic heterocycles. The van der Waals surface area contributed by atoms with Crippen LogP contribution in [0.1, 0.15) is 26.3 Å². The van der Waals surface area contributed by atoms with Crippen LogP contribution in [0.3, 0.4) is 0 Å². The van der Waals surface area contributed by atoms with E-state index in [2.05, 4.69) is 38.5 Å². The van der Waals surface area contributed by atoms with Crippen molar-refractivity contribution in [2.45, 2.75) is 39.4 Å². The van der Waals surface area contributed by atoms with Crippen LogP contribution >= 0.6 is 38.5 Å². The highest BCUT2D eigenvalue weighted by atomic mass is 127. The number of nitrogens with zero attached hydrogens (tertiary/aromatic N) is 2. The highest BCUT2D eigenvalue weighted by Gasteiger charge is 2.51. The van der Waals surface area contributed by atoms with E-state index in [1.807, 2.05) is 39.0 Å². The van der Waals surface area contributed by atoms with Crippen molar-refractivity contribution >= 4 is 50.5 Å². The van der Waals surface area contributed by atoms with E-state index in [4.69, 9.17) is 0 Å². The fourth-order valence-corrected chi connectivity index (χ4v) is 4.67. The second-order valence-electron chi connectivity index (χ2n) is 6.83. The minimum Gasteiger partial charge on any atom is -0.465 e. The van der Waals surface area contributed by atoms with Crippen LogP contribution in [-0.2, 0) is 11.2 Å². The van der Waals surface area contributed by atoms with E-state index in [1.165, 1.54) is 4.90 Å². The number of hydrogen-bond donors (Lipinski definition) is 1. The molecule has 1 aromatic carbocycles. The van der Waals surface area contributed by atoms with E-state index in [1.54, 1.807) is 11.9 Å². The summed E-state index contributed by atoms with van der Waals surface area (Å²) in [5.41, 5.74) is 0.617. The average molecular weight is 495 g/mol. The Labute approximate surface area is 158 Å². The van der Waals surface area contributed by atoms with Gasteiger partial charge in [-0.05, 0) is 40.3 Å². The van der Waals surface area contributed by atoms with Crippen LogP contribution in [0.4, 0.5) is 4.79 Å². The summed E-state index contributed by atoms with van der Waals surface area (Å²) in [6.07, 6.45) is -1.14. The Morgan fingerprint density at radius 2 is 2.00 bits per heavy atom. The van der Waals surface area contributed by atoms with E-state index in [-0.39, 0.29) is 11.3 Å². The fourth-order valence-electron chi connectivity index (χ4n) is 3.15. The van der Waals surface area contributed by atoms with Crippen molar-refractivity contribution in [2.75, 3.05) is 7.05 Å². The third-order valence-electron chi connectivity index (χ3n) is 4.02. The molecule has 1 N–H and O–H groups in total. The lowest BCUT2D eigenvalue weighted by molar-refractivity contribution is -0.129. The normalized spacial score (nSPS) is 21.9. The van der Waals surface area contributed by atoms with Gasteiger partial charge in [-0.25, -0.2) is 4.79 Å². The molecule has 1 aliphatic heterocycles. The summed E-state index contributed by atoms with van der Waals surface area (Å²) in [4.78, 5) is 27.4. The Bertz CT molecular complexity index is 645. The predicted molar refractivity (Wildman–Crippen MR) is 100 cm³/mol. The van der Waals surface area contributed by atoms with Crippen LogP contribution in [0, 0.1) is 8.99 Å². The van der Waals surface area contributed by atoms with Gasteiger partial charge in [0, 0.05) is 26.9 Å². The standard InChI is InChI=1S/C16H20BrIN2O3/c1-16(2,3)14-19(4)13(21)12(20(14)15(22)23)7-9-5-6-10(17)8-11(9)18/h5-6,8,12,14H,7H2,1-4H3,(H,22,23). The van der Waals surface area contributed by atoms with Crippen LogP contribution < -0.4 is 0 Å². The number of carbonyl (C=O) groups is 2. The van der Waals surface area contributed by atoms with Crippen LogP contribution in [0.5, 0.6) is 0 Å². The summed E-state index contributed by atoms with van der Waals surface area (Å²) >= 11 is 5.63. The summed E-state index contributed by atoms with van der Waals surface area (Å²) in [6.45, 7) is 5.84. The molecule has 2 amide bonds. The molecule has 1 aromatic rings. The summed E-state index contributed by atoms with van der Waals surface area (Å²) in [7, 11) is 1.68. The van der Waals surface area contributed by atoms with Crippen LogP contribution in [0.15, 0.2) is 22.7 Å². The zero-order chi connectivity index (χ0) is 17.5. The first-order chi connectivity index (χ1) is 10.5. The largest absolute Gasteiger partial charge is 0.465 e. The third-order valence-corrected chi connectivity index (χ3v) is 5.52. The van der Waals surface area contributed by atoms with Gasteiger partial charge in [0.2, 0.25) is 5.91 Å². The first-order valence-electron chi connectivity index (χ1n) is 7.26. The Kier molecular flexibility index (Phi) is 5.30. The van der Waals surface area contributed by atoms with Crippen molar-refractivity contribution < 1.29 is 14.7 Å². The monoisotopic (exact) mass is 494 g/mol. The minimum atomic E-state index is -1.06. The zero-order valence-corrected chi connectivity index (χ0v) is 17.3. The number of hydrogen-bond acceptors (Lipinski definition) is 2. The molecule has 1 fully saturated rings. The molecule has 0 saturated carbocycles. The third kappa shape index (κ3) is 3.65. The molecule has 2 unspecified atom stereocenters. The van der Waals surface area contributed by atoms with Gasteiger partial charge in [-0.1, -0.05) is 42.8 Å². The molecule has 23 heavy (non-hydrogen) atoms. The molecule has 0 bridgehead atoms. The molecular formula is C16H20BrIN2O3. The van der Waals surface area contributed by atoms with E-state index in [0.717, 1.165) is 13.6 Å². The second kappa shape index (κ2) is 6.58. The van der Waals surface area contributed by atoms with E-state index >= 15 is 0 Å².